The molecule has 0 radical (unpaired) electrons. The van der Waals surface area contributed by atoms with Gasteiger partial charge in [0.05, 0.1) is 26.1 Å². The molecule has 1 aromatic heterocycles. The number of hydrogen-bond acceptors (Lipinski definition) is 7. The zero-order valence-corrected chi connectivity index (χ0v) is 18.1. The van der Waals surface area contributed by atoms with Crippen LogP contribution in [0.5, 0.6) is 11.5 Å². The van der Waals surface area contributed by atoms with Crippen molar-refractivity contribution in [2.45, 2.75) is 11.8 Å². The van der Waals surface area contributed by atoms with Crippen LogP contribution in [0.1, 0.15) is 5.82 Å². The minimum absolute atomic E-state index is 0.0759. The SMILES string of the molecule is COc1ccc(OCc2nnc(SCC(=O)N3CCOCC3)n2-c2ccccc2)cc1. The first-order chi connectivity index (χ1) is 15.2. The number of aromatic nitrogens is 3. The summed E-state index contributed by atoms with van der Waals surface area (Å²) in [7, 11) is 1.63. The Hall–Kier alpha value is -3.04. The van der Waals surface area contributed by atoms with Gasteiger partial charge in [0.1, 0.15) is 18.1 Å². The van der Waals surface area contributed by atoms with Crippen molar-refractivity contribution in [2.75, 3.05) is 39.2 Å². The van der Waals surface area contributed by atoms with Crippen molar-refractivity contribution in [1.82, 2.24) is 19.7 Å². The highest BCUT2D eigenvalue weighted by atomic mass is 32.2. The molecule has 0 saturated carbocycles. The van der Waals surface area contributed by atoms with E-state index in [0.29, 0.717) is 48.8 Å². The summed E-state index contributed by atoms with van der Waals surface area (Å²) in [5, 5.41) is 9.31. The highest BCUT2D eigenvalue weighted by Crippen LogP contribution is 2.24. The fourth-order valence-electron chi connectivity index (χ4n) is 3.17. The lowest BCUT2D eigenvalue weighted by Gasteiger charge is -2.26. The average Bonchev–Trinajstić information content (AvgIpc) is 3.25. The highest BCUT2D eigenvalue weighted by molar-refractivity contribution is 7.99. The van der Waals surface area contributed by atoms with Gasteiger partial charge in [-0.3, -0.25) is 9.36 Å². The normalized spacial score (nSPS) is 13.8. The van der Waals surface area contributed by atoms with Crippen molar-refractivity contribution in [3.63, 3.8) is 0 Å². The molecule has 162 valence electrons. The molecule has 3 aromatic rings. The maximum absolute atomic E-state index is 12.5. The Balaban J connectivity index is 1.49. The lowest BCUT2D eigenvalue weighted by atomic mass is 10.3. The first-order valence-electron chi connectivity index (χ1n) is 9.99. The summed E-state index contributed by atoms with van der Waals surface area (Å²) >= 11 is 1.38. The number of carbonyl (C=O) groups excluding carboxylic acids is 1. The molecule has 0 atom stereocenters. The number of ether oxygens (including phenoxy) is 3. The van der Waals surface area contributed by atoms with Gasteiger partial charge in [-0.15, -0.1) is 10.2 Å². The predicted octanol–water partition coefficient (Wildman–Crippen LogP) is 2.81. The first kappa shape index (κ1) is 21.2. The molecule has 0 spiro atoms. The third kappa shape index (κ3) is 5.36. The van der Waals surface area contributed by atoms with E-state index in [1.54, 1.807) is 7.11 Å². The van der Waals surface area contributed by atoms with Gasteiger partial charge < -0.3 is 19.1 Å². The Kier molecular flexibility index (Phi) is 7.06. The molecule has 0 bridgehead atoms. The van der Waals surface area contributed by atoms with Crippen LogP contribution in [0.25, 0.3) is 5.69 Å². The number of para-hydroxylation sites is 1. The molecule has 1 fully saturated rings. The molecule has 2 heterocycles. The predicted molar refractivity (Wildman–Crippen MR) is 117 cm³/mol. The molecular formula is C22H24N4O4S. The van der Waals surface area contributed by atoms with Crippen molar-refractivity contribution in [3.05, 3.63) is 60.4 Å². The first-order valence-corrected chi connectivity index (χ1v) is 11.0. The summed E-state index contributed by atoms with van der Waals surface area (Å²) in [6, 6.07) is 17.2. The van der Waals surface area contributed by atoms with E-state index >= 15 is 0 Å². The Morgan fingerprint density at radius 3 is 2.45 bits per heavy atom. The number of morpholine rings is 1. The zero-order valence-electron chi connectivity index (χ0n) is 17.3. The molecule has 1 amide bonds. The Morgan fingerprint density at radius 1 is 1.03 bits per heavy atom. The van der Waals surface area contributed by atoms with E-state index in [1.165, 1.54) is 11.8 Å². The molecule has 1 aliphatic heterocycles. The van der Waals surface area contributed by atoms with Crippen LogP contribution in [-0.2, 0) is 16.1 Å². The fourth-order valence-corrected chi connectivity index (χ4v) is 4.05. The number of carbonyl (C=O) groups is 1. The van der Waals surface area contributed by atoms with Gasteiger partial charge in [-0.2, -0.15) is 0 Å². The standard InChI is InChI=1S/C22H24N4O4S/c1-28-18-7-9-19(10-8-18)30-15-20-23-24-22(26(20)17-5-3-2-4-6-17)31-16-21(27)25-11-13-29-14-12-25/h2-10H,11-16H2,1H3. The van der Waals surface area contributed by atoms with Gasteiger partial charge in [-0.05, 0) is 36.4 Å². The van der Waals surface area contributed by atoms with Crippen LogP contribution in [0.4, 0.5) is 0 Å². The maximum Gasteiger partial charge on any atom is 0.233 e. The van der Waals surface area contributed by atoms with E-state index < -0.39 is 0 Å². The Labute approximate surface area is 185 Å². The molecule has 31 heavy (non-hydrogen) atoms. The van der Waals surface area contributed by atoms with Crippen LogP contribution in [-0.4, -0.2) is 64.7 Å². The third-order valence-corrected chi connectivity index (χ3v) is 5.74. The summed E-state index contributed by atoms with van der Waals surface area (Å²) in [5.41, 5.74) is 0.919. The van der Waals surface area contributed by atoms with Crippen molar-refractivity contribution < 1.29 is 19.0 Å². The second kappa shape index (κ2) is 10.3. The summed E-state index contributed by atoms with van der Waals surface area (Å²) in [5.74, 6) is 2.50. The van der Waals surface area contributed by atoms with Gasteiger partial charge in [0.15, 0.2) is 11.0 Å². The number of amides is 1. The number of hydrogen-bond donors (Lipinski definition) is 0. The number of benzene rings is 2. The van der Waals surface area contributed by atoms with Crippen LogP contribution in [0.15, 0.2) is 59.8 Å². The molecule has 0 unspecified atom stereocenters. The molecule has 0 N–H and O–H groups in total. The zero-order chi connectivity index (χ0) is 21.5. The van der Waals surface area contributed by atoms with Gasteiger partial charge in [0.25, 0.3) is 0 Å². The molecule has 2 aromatic carbocycles. The van der Waals surface area contributed by atoms with Crippen molar-refractivity contribution in [1.29, 1.82) is 0 Å². The van der Waals surface area contributed by atoms with Crippen LogP contribution in [0, 0.1) is 0 Å². The number of rotatable bonds is 8. The van der Waals surface area contributed by atoms with Crippen LogP contribution >= 0.6 is 11.8 Å². The number of methoxy groups -OCH3 is 1. The van der Waals surface area contributed by atoms with E-state index in [1.807, 2.05) is 64.1 Å². The lowest BCUT2D eigenvalue weighted by Crippen LogP contribution is -2.41. The van der Waals surface area contributed by atoms with Gasteiger partial charge >= 0.3 is 0 Å². The fraction of sp³-hybridized carbons (Fsp3) is 0.318. The minimum atomic E-state index is 0.0759. The van der Waals surface area contributed by atoms with Crippen molar-refractivity contribution in [2.24, 2.45) is 0 Å². The Morgan fingerprint density at radius 2 is 1.74 bits per heavy atom. The summed E-state index contributed by atoms with van der Waals surface area (Å²) in [6.45, 7) is 2.68. The van der Waals surface area contributed by atoms with E-state index in [9.17, 15) is 4.79 Å². The monoisotopic (exact) mass is 440 g/mol. The van der Waals surface area contributed by atoms with Crippen molar-refractivity contribution >= 4 is 17.7 Å². The molecule has 8 nitrogen and oxygen atoms in total. The van der Waals surface area contributed by atoms with Crippen LogP contribution in [0.3, 0.4) is 0 Å². The average molecular weight is 441 g/mol. The smallest absolute Gasteiger partial charge is 0.233 e. The minimum Gasteiger partial charge on any atom is -0.497 e. The third-order valence-electron chi connectivity index (χ3n) is 4.83. The quantitative estimate of drug-likeness (QED) is 0.499. The van der Waals surface area contributed by atoms with Crippen LogP contribution in [0.2, 0.25) is 0 Å². The number of nitrogens with zero attached hydrogens (tertiary/aromatic N) is 4. The van der Waals surface area contributed by atoms with E-state index in [0.717, 1.165) is 11.4 Å². The molecule has 4 rings (SSSR count). The van der Waals surface area contributed by atoms with E-state index in [2.05, 4.69) is 10.2 Å². The summed E-state index contributed by atoms with van der Waals surface area (Å²) < 4.78 is 18.3. The molecule has 0 aliphatic carbocycles. The molecular weight excluding hydrogens is 416 g/mol. The molecule has 9 heteroatoms. The van der Waals surface area contributed by atoms with Gasteiger partial charge in [-0.1, -0.05) is 30.0 Å². The van der Waals surface area contributed by atoms with E-state index in [-0.39, 0.29) is 12.5 Å². The van der Waals surface area contributed by atoms with Crippen molar-refractivity contribution in [3.8, 4) is 17.2 Å². The topological polar surface area (TPSA) is 78.7 Å². The van der Waals surface area contributed by atoms with E-state index in [4.69, 9.17) is 14.2 Å². The van der Waals surface area contributed by atoms with Gasteiger partial charge in [0, 0.05) is 18.8 Å². The molecule has 1 saturated heterocycles. The van der Waals surface area contributed by atoms with Crippen LogP contribution < -0.4 is 9.47 Å². The summed E-state index contributed by atoms with van der Waals surface area (Å²) in [4.78, 5) is 14.4. The second-order valence-corrected chi connectivity index (χ2v) is 7.76. The molecule has 1 aliphatic rings. The van der Waals surface area contributed by atoms with Gasteiger partial charge in [-0.25, -0.2) is 0 Å². The lowest BCUT2D eigenvalue weighted by molar-refractivity contribution is -0.132. The number of thioether (sulfide) groups is 1. The van der Waals surface area contributed by atoms with Gasteiger partial charge in [0.2, 0.25) is 5.91 Å². The maximum atomic E-state index is 12.5. The Bertz CT molecular complexity index is 989. The summed E-state index contributed by atoms with van der Waals surface area (Å²) in [6.07, 6.45) is 0. The largest absolute Gasteiger partial charge is 0.497 e. The second-order valence-electron chi connectivity index (χ2n) is 6.82. The highest BCUT2D eigenvalue weighted by Gasteiger charge is 2.20.